The van der Waals surface area contributed by atoms with E-state index in [1.807, 2.05) is 6.92 Å². The number of aryl methyl sites for hydroxylation is 1. The van der Waals surface area contributed by atoms with Crippen LogP contribution in [-0.2, 0) is 6.42 Å². The fourth-order valence-electron chi connectivity index (χ4n) is 5.92. The molecule has 0 saturated carbocycles. The zero-order chi connectivity index (χ0) is 32.2. The zero-order valence-electron chi connectivity index (χ0n) is 25.6. The van der Waals surface area contributed by atoms with Gasteiger partial charge in [-0.05, 0) is 88.3 Å². The van der Waals surface area contributed by atoms with Crippen molar-refractivity contribution in [2.45, 2.75) is 83.0 Å². The summed E-state index contributed by atoms with van der Waals surface area (Å²) in [4.78, 5) is 20.2. The molecule has 1 aliphatic heterocycles. The molecule has 2 aromatic carbocycles. The van der Waals surface area contributed by atoms with Gasteiger partial charge in [0.25, 0.3) is 0 Å². The maximum atomic E-state index is 15.5. The average Bonchev–Trinajstić information content (AvgIpc) is 3.40. The maximum absolute atomic E-state index is 15.5. The van der Waals surface area contributed by atoms with Gasteiger partial charge in [0.1, 0.15) is 17.3 Å². The third kappa shape index (κ3) is 7.78. The van der Waals surface area contributed by atoms with E-state index in [9.17, 15) is 4.79 Å². The molecule has 1 aliphatic rings. The van der Waals surface area contributed by atoms with Crippen LogP contribution in [0.1, 0.15) is 69.5 Å². The van der Waals surface area contributed by atoms with E-state index in [0.29, 0.717) is 46.8 Å². The largest absolute Gasteiger partial charge is 0.373 e. The van der Waals surface area contributed by atoms with Gasteiger partial charge in [-0.1, -0.05) is 24.1 Å². The van der Waals surface area contributed by atoms with Gasteiger partial charge in [0.15, 0.2) is 5.82 Å². The molecular weight excluding hydrogens is 598 g/mol. The number of benzene rings is 2. The lowest BCUT2D eigenvalue weighted by Crippen LogP contribution is -2.42. The van der Waals surface area contributed by atoms with Gasteiger partial charge in [-0.15, -0.1) is 0 Å². The molecule has 45 heavy (non-hydrogen) atoms. The summed E-state index contributed by atoms with van der Waals surface area (Å²) in [5.41, 5.74) is 13.8. The van der Waals surface area contributed by atoms with E-state index in [-0.39, 0.29) is 34.8 Å². The molecule has 0 bridgehead atoms. The molecule has 2 aromatic heterocycles. The Kier molecular flexibility index (Phi) is 10.3. The number of halogens is 3. The number of aromatic amines is 1. The maximum Gasteiger partial charge on any atom is 0.354 e. The van der Waals surface area contributed by atoms with Crippen LogP contribution in [0.4, 0.5) is 8.78 Å². The summed E-state index contributed by atoms with van der Waals surface area (Å²) in [5, 5.41) is 15.0. The lowest BCUT2D eigenvalue weighted by atomic mass is 9.91. The molecular formula is C33H41ClF2N8O. The molecule has 0 amide bonds. The summed E-state index contributed by atoms with van der Waals surface area (Å²) in [5.74, 6) is -0.675. The Labute approximate surface area is 266 Å². The van der Waals surface area contributed by atoms with Gasteiger partial charge >= 0.3 is 5.69 Å². The van der Waals surface area contributed by atoms with Gasteiger partial charge in [0.2, 0.25) is 0 Å². The molecule has 9 nitrogen and oxygen atoms in total. The standard InChI is InChI=1S/C33H41ClF2N8O/c1-18(37)5-3-6-20-13-25(30(36)26(34)14-20)29-15-21-17-44(33(45)43-32(21)42-29)23-9-10-24(27(35)16-23)28-8-4-7-22(41-28)11-12-40-31(39)19(2)38/h9-10,13-19,22,28,41H,3-8,11-12,37-38H2,1-2H3,(H2,39,40)(H,42,43,45)/t18-,19+,22-,28-/m0/s1. The van der Waals surface area contributed by atoms with Crippen LogP contribution >= 0.6 is 11.6 Å². The number of hydrogen-bond acceptors (Lipinski definition) is 6. The summed E-state index contributed by atoms with van der Waals surface area (Å²) in [7, 11) is 0. The summed E-state index contributed by atoms with van der Waals surface area (Å²) in [6, 6.07) is 9.61. The summed E-state index contributed by atoms with van der Waals surface area (Å²) < 4.78 is 31.9. The van der Waals surface area contributed by atoms with Crippen LogP contribution in [-0.4, -0.2) is 45.0 Å². The Morgan fingerprint density at radius 1 is 1.20 bits per heavy atom. The second-order valence-corrected chi connectivity index (χ2v) is 12.6. The first-order valence-electron chi connectivity index (χ1n) is 15.5. The third-order valence-corrected chi connectivity index (χ3v) is 8.67. The van der Waals surface area contributed by atoms with Gasteiger partial charge in [-0.25, -0.2) is 13.6 Å². The summed E-state index contributed by atoms with van der Waals surface area (Å²) in [6.45, 7) is 4.33. The number of hydrogen-bond donors (Lipinski definition) is 6. The Morgan fingerprint density at radius 2 is 2.00 bits per heavy atom. The van der Waals surface area contributed by atoms with Gasteiger partial charge in [0, 0.05) is 47.4 Å². The lowest BCUT2D eigenvalue weighted by molar-refractivity contribution is 0.307. The topological polar surface area (TPSA) is 151 Å². The number of fused-ring (bicyclic) bond motifs is 1. The Hall–Kier alpha value is -3.64. The average molecular weight is 639 g/mol. The molecule has 1 saturated heterocycles. The first-order chi connectivity index (χ1) is 21.5. The number of nitrogens with zero attached hydrogens (tertiary/aromatic N) is 2. The first-order valence-corrected chi connectivity index (χ1v) is 15.9. The van der Waals surface area contributed by atoms with E-state index < -0.39 is 17.3 Å². The molecule has 12 heteroatoms. The van der Waals surface area contributed by atoms with Crippen molar-refractivity contribution in [3.63, 3.8) is 0 Å². The number of nitrogens with one attached hydrogen (secondary N) is 4. The minimum atomic E-state index is -0.591. The highest BCUT2D eigenvalue weighted by atomic mass is 35.5. The summed E-state index contributed by atoms with van der Waals surface area (Å²) >= 11 is 6.24. The Balaban J connectivity index is 1.35. The monoisotopic (exact) mass is 638 g/mol. The van der Waals surface area contributed by atoms with Crippen molar-refractivity contribution in [3.8, 4) is 16.9 Å². The number of aromatic nitrogens is 3. The highest BCUT2D eigenvalue weighted by Gasteiger charge is 2.25. The van der Waals surface area contributed by atoms with Crippen LogP contribution in [0.25, 0.3) is 28.0 Å². The van der Waals surface area contributed by atoms with Crippen LogP contribution < -0.4 is 27.8 Å². The van der Waals surface area contributed by atoms with Crippen LogP contribution in [0, 0.1) is 17.0 Å². The smallest absolute Gasteiger partial charge is 0.354 e. The second kappa shape index (κ2) is 14.2. The van der Waals surface area contributed by atoms with Crippen LogP contribution in [0.2, 0.25) is 5.02 Å². The highest BCUT2D eigenvalue weighted by Crippen LogP contribution is 2.32. The molecule has 240 valence electrons. The van der Waals surface area contributed by atoms with Crippen molar-refractivity contribution in [2.75, 3.05) is 6.54 Å². The molecule has 1 fully saturated rings. The minimum Gasteiger partial charge on any atom is -0.373 e. The Bertz CT molecular complexity index is 1730. The normalized spacial score (nSPS) is 18.2. The molecule has 0 aliphatic carbocycles. The fourth-order valence-corrected chi connectivity index (χ4v) is 6.16. The molecule has 3 heterocycles. The number of amidine groups is 1. The van der Waals surface area contributed by atoms with Gasteiger partial charge < -0.3 is 27.1 Å². The van der Waals surface area contributed by atoms with E-state index in [2.05, 4.69) is 20.6 Å². The van der Waals surface area contributed by atoms with Gasteiger partial charge in [0.05, 0.1) is 22.4 Å². The molecule has 0 spiro atoms. The number of H-pyrrole nitrogens is 1. The van der Waals surface area contributed by atoms with Crippen molar-refractivity contribution in [1.82, 2.24) is 25.2 Å². The fraction of sp³-hybridized carbons (Fsp3) is 0.424. The van der Waals surface area contributed by atoms with Crippen LogP contribution in [0.5, 0.6) is 0 Å². The lowest BCUT2D eigenvalue weighted by Gasteiger charge is -2.32. The minimum absolute atomic E-state index is 0.0160. The van der Waals surface area contributed by atoms with Crippen molar-refractivity contribution >= 4 is 28.5 Å². The van der Waals surface area contributed by atoms with Crippen molar-refractivity contribution in [1.29, 1.82) is 5.41 Å². The molecule has 5 rings (SSSR count). The second-order valence-electron chi connectivity index (χ2n) is 12.2. The molecule has 8 N–H and O–H groups in total. The van der Waals surface area contributed by atoms with Gasteiger partial charge in [-0.2, -0.15) is 4.98 Å². The zero-order valence-corrected chi connectivity index (χ0v) is 26.4. The van der Waals surface area contributed by atoms with Crippen molar-refractivity contribution in [2.24, 2.45) is 11.5 Å². The number of nitrogens with two attached hydrogens (primary N) is 2. The molecule has 4 aromatic rings. The first kappa shape index (κ1) is 32.7. The SMILES string of the molecule is C[C@H](N)CCCc1cc(Cl)c(F)c(-c2cc3cn(-c4ccc([C@@H]5CCC[C@@H](CCNC(=N)[C@@H](C)N)N5)c(F)c4)c(=O)nc3[nH]2)c1. The highest BCUT2D eigenvalue weighted by molar-refractivity contribution is 6.31. The predicted octanol–water partition coefficient (Wildman–Crippen LogP) is 5.47. The van der Waals surface area contributed by atoms with E-state index in [1.54, 1.807) is 43.5 Å². The van der Waals surface area contributed by atoms with E-state index in [4.69, 9.17) is 28.5 Å². The summed E-state index contributed by atoms with van der Waals surface area (Å²) in [6.07, 6.45) is 7.47. The van der Waals surface area contributed by atoms with Gasteiger partial charge in [-0.3, -0.25) is 9.98 Å². The number of piperidine rings is 1. The van der Waals surface area contributed by atoms with E-state index in [0.717, 1.165) is 44.1 Å². The molecule has 0 unspecified atom stereocenters. The third-order valence-electron chi connectivity index (χ3n) is 8.39. The molecule has 0 radical (unpaired) electrons. The number of rotatable bonds is 11. The van der Waals surface area contributed by atoms with Crippen LogP contribution in [0.3, 0.4) is 0 Å². The van der Waals surface area contributed by atoms with E-state index >= 15 is 8.78 Å². The van der Waals surface area contributed by atoms with Crippen molar-refractivity contribution < 1.29 is 8.78 Å². The molecule has 4 atom stereocenters. The van der Waals surface area contributed by atoms with Crippen LogP contribution in [0.15, 0.2) is 47.4 Å². The van der Waals surface area contributed by atoms with E-state index in [1.165, 1.54) is 10.6 Å². The Morgan fingerprint density at radius 3 is 2.73 bits per heavy atom. The quantitative estimate of drug-likeness (QED) is 0.0947. The predicted molar refractivity (Wildman–Crippen MR) is 176 cm³/mol. The van der Waals surface area contributed by atoms with Crippen molar-refractivity contribution in [3.05, 3.63) is 80.9 Å².